The summed E-state index contributed by atoms with van der Waals surface area (Å²) in [5, 5.41) is 14.9. The van der Waals surface area contributed by atoms with Gasteiger partial charge in [-0.25, -0.2) is 4.79 Å². The Labute approximate surface area is 247 Å². The third kappa shape index (κ3) is 5.67. The van der Waals surface area contributed by atoms with E-state index >= 15 is 0 Å². The summed E-state index contributed by atoms with van der Waals surface area (Å²) in [6.07, 6.45) is 0.662. The molecule has 0 saturated carbocycles. The highest BCUT2D eigenvalue weighted by Gasteiger charge is 2.35. The first-order valence-electron chi connectivity index (χ1n) is 13.7. The van der Waals surface area contributed by atoms with Crippen LogP contribution in [0, 0.1) is 0 Å². The summed E-state index contributed by atoms with van der Waals surface area (Å²) >= 11 is 6.45. The van der Waals surface area contributed by atoms with Crippen molar-refractivity contribution in [2.45, 2.75) is 25.0 Å². The van der Waals surface area contributed by atoms with Gasteiger partial charge in [0.2, 0.25) is 0 Å². The number of rotatable bonds is 8. The van der Waals surface area contributed by atoms with Crippen LogP contribution in [0.1, 0.15) is 33.8 Å². The summed E-state index contributed by atoms with van der Waals surface area (Å²) in [4.78, 5) is 26.6. The molecule has 0 spiro atoms. The quantitative estimate of drug-likeness (QED) is 0.155. The van der Waals surface area contributed by atoms with Crippen molar-refractivity contribution in [3.05, 3.63) is 129 Å². The van der Waals surface area contributed by atoms with Crippen molar-refractivity contribution < 1.29 is 23.8 Å². The molecule has 1 aromatic heterocycles. The molecule has 0 amide bonds. The van der Waals surface area contributed by atoms with Gasteiger partial charge in [0.1, 0.15) is 28.2 Å². The number of benzene rings is 4. The lowest BCUT2D eigenvalue weighted by Crippen LogP contribution is -2.31. The average Bonchev–Trinajstić information content (AvgIpc) is 3.46. The van der Waals surface area contributed by atoms with Crippen molar-refractivity contribution in [3.8, 4) is 22.8 Å². The Morgan fingerprint density at radius 1 is 0.976 bits per heavy atom. The zero-order valence-electron chi connectivity index (χ0n) is 22.6. The van der Waals surface area contributed by atoms with E-state index in [0.717, 1.165) is 5.56 Å². The molecule has 42 heavy (non-hydrogen) atoms. The Morgan fingerprint density at radius 3 is 2.45 bits per heavy atom. The van der Waals surface area contributed by atoms with Gasteiger partial charge in [-0.2, -0.15) is 0 Å². The normalized spacial score (nSPS) is 16.5. The van der Waals surface area contributed by atoms with Crippen LogP contribution >= 0.6 is 11.6 Å². The Balaban J connectivity index is 1.46. The van der Waals surface area contributed by atoms with Crippen LogP contribution in [-0.2, 0) is 11.3 Å². The second kappa shape index (κ2) is 12.2. The van der Waals surface area contributed by atoms with Gasteiger partial charge in [-0.1, -0.05) is 72.3 Å². The minimum Gasteiger partial charge on any atom is -0.507 e. The zero-order valence-corrected chi connectivity index (χ0v) is 23.3. The number of esters is 1. The molecule has 2 heterocycles. The summed E-state index contributed by atoms with van der Waals surface area (Å²) in [6.45, 7) is 1.47. The predicted molar refractivity (Wildman–Crippen MR) is 161 cm³/mol. The number of carbonyl (C=O) groups excluding carboxylic acids is 1. The number of hydrogen-bond acceptors (Lipinski definition) is 7. The van der Waals surface area contributed by atoms with E-state index in [1.165, 1.54) is 12.1 Å². The van der Waals surface area contributed by atoms with Gasteiger partial charge in [-0.05, 0) is 42.8 Å². The van der Waals surface area contributed by atoms with Crippen molar-refractivity contribution in [2.24, 2.45) is 0 Å². The summed E-state index contributed by atoms with van der Waals surface area (Å²) < 4.78 is 18.4. The lowest BCUT2D eigenvalue weighted by molar-refractivity contribution is 0.0730. The van der Waals surface area contributed by atoms with Crippen LogP contribution < -0.4 is 15.5 Å². The van der Waals surface area contributed by atoms with Gasteiger partial charge >= 0.3 is 5.97 Å². The standard InChI is InChI=1S/C34H28ClNO6/c35-25-14-8-7-13-23(25)29-17-27(37)32-28(38)18-30(42-34(39)22-11-5-2-6-12-22)31(33(32)41-29)24-15-16-36-26(24)20-40-19-21-9-3-1-4-10-21/h1-14,17-18,24,26,36,38H,15-16,19-20H2. The first-order chi connectivity index (χ1) is 20.5. The largest absolute Gasteiger partial charge is 0.507 e. The van der Waals surface area contributed by atoms with Crippen LogP contribution in [-0.4, -0.2) is 30.3 Å². The van der Waals surface area contributed by atoms with Crippen molar-refractivity contribution in [1.29, 1.82) is 0 Å². The molecule has 7 nitrogen and oxygen atoms in total. The minimum absolute atomic E-state index is 0.0103. The fourth-order valence-electron chi connectivity index (χ4n) is 5.44. The molecule has 2 unspecified atom stereocenters. The first-order valence-corrected chi connectivity index (χ1v) is 14.1. The molecule has 0 aliphatic carbocycles. The van der Waals surface area contributed by atoms with E-state index in [4.69, 9.17) is 25.5 Å². The van der Waals surface area contributed by atoms with Crippen molar-refractivity contribution in [1.82, 2.24) is 5.32 Å². The van der Waals surface area contributed by atoms with Gasteiger partial charge in [0.05, 0.1) is 23.8 Å². The summed E-state index contributed by atoms with van der Waals surface area (Å²) in [5.41, 5.74) is 2.15. The molecular weight excluding hydrogens is 554 g/mol. The van der Waals surface area contributed by atoms with Crippen LogP contribution in [0.25, 0.3) is 22.3 Å². The smallest absolute Gasteiger partial charge is 0.343 e. The van der Waals surface area contributed by atoms with Gasteiger partial charge in [0, 0.05) is 35.2 Å². The van der Waals surface area contributed by atoms with E-state index in [9.17, 15) is 14.7 Å². The molecule has 4 aromatic carbocycles. The van der Waals surface area contributed by atoms with Gasteiger partial charge in [0.15, 0.2) is 5.43 Å². The van der Waals surface area contributed by atoms with Crippen LogP contribution in [0.5, 0.6) is 11.5 Å². The molecule has 212 valence electrons. The number of halogens is 1. The Morgan fingerprint density at radius 2 is 1.69 bits per heavy atom. The average molecular weight is 582 g/mol. The fraction of sp³-hybridized carbons (Fsp3) is 0.176. The van der Waals surface area contributed by atoms with Crippen LogP contribution in [0.2, 0.25) is 5.02 Å². The molecule has 0 bridgehead atoms. The number of fused-ring (bicyclic) bond motifs is 1. The third-order valence-electron chi connectivity index (χ3n) is 7.46. The molecule has 5 aromatic rings. The highest BCUT2D eigenvalue weighted by Crippen LogP contribution is 2.44. The molecular formula is C34H28ClNO6. The molecule has 1 aliphatic heterocycles. The van der Waals surface area contributed by atoms with E-state index in [0.29, 0.717) is 47.9 Å². The fourth-order valence-corrected chi connectivity index (χ4v) is 5.67. The second-order valence-corrected chi connectivity index (χ2v) is 10.6. The lowest BCUT2D eigenvalue weighted by Gasteiger charge is -2.23. The number of carbonyl (C=O) groups is 1. The Bertz CT molecular complexity index is 1790. The van der Waals surface area contributed by atoms with Crippen LogP contribution in [0.15, 0.2) is 106 Å². The molecule has 1 fully saturated rings. The topological polar surface area (TPSA) is 98.0 Å². The summed E-state index contributed by atoms with van der Waals surface area (Å²) in [7, 11) is 0. The van der Waals surface area contributed by atoms with E-state index in [1.54, 1.807) is 54.6 Å². The molecule has 1 saturated heterocycles. The van der Waals surface area contributed by atoms with E-state index < -0.39 is 11.4 Å². The number of phenols is 1. The third-order valence-corrected chi connectivity index (χ3v) is 7.79. The van der Waals surface area contributed by atoms with Gasteiger partial charge < -0.3 is 24.3 Å². The number of ether oxygens (including phenoxy) is 2. The molecule has 1 aliphatic rings. The lowest BCUT2D eigenvalue weighted by atomic mass is 9.89. The number of phenolic OH excluding ortho intramolecular Hbond substituents is 1. The first kappa shape index (κ1) is 27.7. The monoisotopic (exact) mass is 581 g/mol. The maximum atomic E-state index is 13.4. The number of nitrogens with one attached hydrogen (secondary N) is 1. The SMILES string of the molecule is O=C(Oc1cc(O)c2c(=O)cc(-c3ccccc3Cl)oc2c1C1CCNC1COCc1ccccc1)c1ccccc1. The van der Waals surface area contributed by atoms with Crippen molar-refractivity contribution in [2.75, 3.05) is 13.2 Å². The van der Waals surface area contributed by atoms with Gasteiger partial charge in [0.25, 0.3) is 0 Å². The molecule has 8 heteroatoms. The number of hydrogen-bond donors (Lipinski definition) is 2. The maximum absolute atomic E-state index is 13.4. The van der Waals surface area contributed by atoms with E-state index in [-0.39, 0.29) is 40.2 Å². The van der Waals surface area contributed by atoms with Crippen molar-refractivity contribution >= 4 is 28.5 Å². The zero-order chi connectivity index (χ0) is 29.1. The minimum atomic E-state index is -0.594. The Kier molecular flexibility index (Phi) is 8.06. The van der Waals surface area contributed by atoms with Crippen LogP contribution in [0.4, 0.5) is 0 Å². The second-order valence-electron chi connectivity index (χ2n) is 10.2. The molecule has 6 rings (SSSR count). The highest BCUT2D eigenvalue weighted by atomic mass is 35.5. The van der Waals surface area contributed by atoms with Crippen LogP contribution in [0.3, 0.4) is 0 Å². The number of aromatic hydroxyl groups is 1. The van der Waals surface area contributed by atoms with Crippen molar-refractivity contribution in [3.63, 3.8) is 0 Å². The Hall–Kier alpha value is -4.43. The van der Waals surface area contributed by atoms with Gasteiger partial charge in [-0.15, -0.1) is 0 Å². The molecule has 0 radical (unpaired) electrons. The van der Waals surface area contributed by atoms with Gasteiger partial charge in [-0.3, -0.25) is 4.79 Å². The highest BCUT2D eigenvalue weighted by molar-refractivity contribution is 6.33. The summed E-state index contributed by atoms with van der Waals surface area (Å²) in [5.74, 6) is -0.828. The maximum Gasteiger partial charge on any atom is 0.343 e. The summed E-state index contributed by atoms with van der Waals surface area (Å²) in [6, 6.07) is 28.0. The molecule has 2 N–H and O–H groups in total. The molecule has 2 atom stereocenters. The predicted octanol–water partition coefficient (Wildman–Crippen LogP) is 6.70. The van der Waals surface area contributed by atoms with E-state index in [1.807, 2.05) is 30.3 Å². The van der Waals surface area contributed by atoms with E-state index in [2.05, 4.69) is 5.32 Å².